The molecule has 96 valence electrons. The summed E-state index contributed by atoms with van der Waals surface area (Å²) in [5.41, 5.74) is 3.19. The molecule has 1 aromatic carbocycles. The summed E-state index contributed by atoms with van der Waals surface area (Å²) in [7, 11) is 0. The van der Waals surface area contributed by atoms with Gasteiger partial charge in [-0.05, 0) is 35.9 Å². The lowest BCUT2D eigenvalue weighted by Gasteiger charge is -2.01. The van der Waals surface area contributed by atoms with Crippen molar-refractivity contribution in [3.8, 4) is 17.2 Å². The Hall–Kier alpha value is -3.13. The van der Waals surface area contributed by atoms with Crippen molar-refractivity contribution in [2.45, 2.75) is 0 Å². The van der Waals surface area contributed by atoms with E-state index in [9.17, 15) is 4.79 Å². The molecule has 0 atom stereocenters. The van der Waals surface area contributed by atoms with Crippen LogP contribution in [-0.4, -0.2) is 20.7 Å². The van der Waals surface area contributed by atoms with Crippen molar-refractivity contribution < 1.29 is 9.90 Å². The number of benzene rings is 1. The van der Waals surface area contributed by atoms with Gasteiger partial charge < -0.3 is 5.11 Å². The van der Waals surface area contributed by atoms with Crippen LogP contribution in [0.15, 0.2) is 48.7 Å². The highest BCUT2D eigenvalue weighted by Gasteiger charge is 2.11. The normalized spacial score (nSPS) is 10.3. The quantitative estimate of drug-likeness (QED) is 0.770. The molecule has 3 aromatic rings. The number of fused-ring (bicyclic) bond motifs is 1. The lowest BCUT2D eigenvalue weighted by atomic mass is 10.0. The second-order valence-corrected chi connectivity index (χ2v) is 4.26. The summed E-state index contributed by atoms with van der Waals surface area (Å²) < 4.78 is 1.57. The second-order valence-electron chi connectivity index (χ2n) is 4.26. The van der Waals surface area contributed by atoms with E-state index in [2.05, 4.69) is 11.2 Å². The molecule has 2 aromatic heterocycles. The zero-order chi connectivity index (χ0) is 14.1. The van der Waals surface area contributed by atoms with Gasteiger partial charge in [0.2, 0.25) is 0 Å². The number of hydrogen-bond donors (Lipinski definition) is 1. The van der Waals surface area contributed by atoms with Crippen molar-refractivity contribution >= 4 is 11.5 Å². The Kier molecular flexibility index (Phi) is 2.70. The summed E-state index contributed by atoms with van der Waals surface area (Å²) in [4.78, 5) is 10.9. The molecule has 0 fully saturated rings. The first-order valence-corrected chi connectivity index (χ1v) is 5.91. The largest absolute Gasteiger partial charge is 0.478 e. The van der Waals surface area contributed by atoms with Gasteiger partial charge in [-0.1, -0.05) is 12.1 Å². The van der Waals surface area contributed by atoms with E-state index in [0.717, 1.165) is 16.6 Å². The van der Waals surface area contributed by atoms with Crippen molar-refractivity contribution in [1.29, 1.82) is 5.26 Å². The molecular weight excluding hydrogens is 254 g/mol. The Morgan fingerprint density at radius 1 is 1.25 bits per heavy atom. The molecule has 1 N–H and O–H groups in total. The maximum absolute atomic E-state index is 10.9. The van der Waals surface area contributed by atoms with Crippen molar-refractivity contribution in [2.75, 3.05) is 0 Å². The average molecular weight is 263 g/mol. The molecule has 0 spiro atoms. The van der Waals surface area contributed by atoms with E-state index >= 15 is 0 Å². The van der Waals surface area contributed by atoms with Gasteiger partial charge in [0.15, 0.2) is 0 Å². The number of carboxylic acids is 1. The Morgan fingerprint density at radius 2 is 2.00 bits per heavy atom. The van der Waals surface area contributed by atoms with Crippen LogP contribution < -0.4 is 0 Å². The third kappa shape index (κ3) is 1.80. The third-order valence-corrected chi connectivity index (χ3v) is 3.09. The first kappa shape index (κ1) is 11.9. The summed E-state index contributed by atoms with van der Waals surface area (Å²) >= 11 is 0. The van der Waals surface area contributed by atoms with E-state index in [0.29, 0.717) is 5.69 Å². The summed E-state index contributed by atoms with van der Waals surface area (Å²) in [5.74, 6) is -0.960. The van der Waals surface area contributed by atoms with Crippen molar-refractivity contribution in [1.82, 2.24) is 9.61 Å². The van der Waals surface area contributed by atoms with E-state index < -0.39 is 5.97 Å². The molecule has 0 aliphatic heterocycles. The first-order valence-electron chi connectivity index (χ1n) is 5.91. The standard InChI is InChI=1S/C15H9N3O2/c16-9-12-8-13(14-2-1-7-17-18(12)14)10-3-5-11(6-4-10)15(19)20/h1-8H,(H,19,20). The molecule has 3 rings (SSSR count). The van der Waals surface area contributed by atoms with Gasteiger partial charge in [-0.15, -0.1) is 0 Å². The van der Waals surface area contributed by atoms with Crippen molar-refractivity contribution in [3.63, 3.8) is 0 Å². The smallest absolute Gasteiger partial charge is 0.335 e. The zero-order valence-corrected chi connectivity index (χ0v) is 10.3. The van der Waals surface area contributed by atoms with Crippen LogP contribution in [0.1, 0.15) is 16.1 Å². The number of carbonyl (C=O) groups is 1. The Bertz CT molecular complexity index is 842. The highest BCUT2D eigenvalue weighted by Crippen LogP contribution is 2.27. The Balaban J connectivity index is 2.20. The molecule has 0 amide bonds. The van der Waals surface area contributed by atoms with Crippen molar-refractivity contribution in [2.24, 2.45) is 0 Å². The Morgan fingerprint density at radius 3 is 2.65 bits per heavy atom. The van der Waals surface area contributed by atoms with E-state index in [1.807, 2.05) is 6.07 Å². The average Bonchev–Trinajstić information content (AvgIpc) is 2.86. The summed E-state index contributed by atoms with van der Waals surface area (Å²) in [6, 6.07) is 14.1. The van der Waals surface area contributed by atoms with Gasteiger partial charge >= 0.3 is 5.97 Å². The molecule has 0 radical (unpaired) electrons. The van der Waals surface area contributed by atoms with Gasteiger partial charge in [-0.2, -0.15) is 10.4 Å². The molecule has 5 heteroatoms. The second kappa shape index (κ2) is 4.52. The number of aromatic carboxylic acids is 1. The van der Waals surface area contributed by atoms with E-state index in [1.54, 1.807) is 47.1 Å². The fraction of sp³-hybridized carbons (Fsp3) is 0. The van der Waals surface area contributed by atoms with E-state index in [4.69, 9.17) is 10.4 Å². The highest BCUT2D eigenvalue weighted by molar-refractivity contribution is 5.89. The fourth-order valence-corrected chi connectivity index (χ4v) is 2.14. The van der Waals surface area contributed by atoms with Crippen LogP contribution >= 0.6 is 0 Å². The van der Waals surface area contributed by atoms with Crippen LogP contribution in [0, 0.1) is 11.3 Å². The molecule has 0 aliphatic rings. The molecular formula is C15H9N3O2. The van der Waals surface area contributed by atoms with E-state index in [1.165, 1.54) is 0 Å². The van der Waals surface area contributed by atoms with Crippen LogP contribution in [0.3, 0.4) is 0 Å². The zero-order valence-electron chi connectivity index (χ0n) is 10.3. The molecule has 0 unspecified atom stereocenters. The molecule has 0 saturated carbocycles. The first-order chi connectivity index (χ1) is 9.70. The third-order valence-electron chi connectivity index (χ3n) is 3.09. The molecule has 5 nitrogen and oxygen atoms in total. The lowest BCUT2D eigenvalue weighted by Crippen LogP contribution is -1.95. The van der Waals surface area contributed by atoms with Gasteiger partial charge in [0, 0.05) is 11.8 Å². The summed E-state index contributed by atoms with van der Waals surface area (Å²) in [5, 5.41) is 22.2. The van der Waals surface area contributed by atoms with Gasteiger partial charge in [-0.3, -0.25) is 0 Å². The fourth-order valence-electron chi connectivity index (χ4n) is 2.14. The minimum absolute atomic E-state index is 0.232. The Labute approximate surface area is 114 Å². The lowest BCUT2D eigenvalue weighted by molar-refractivity contribution is 0.0697. The minimum Gasteiger partial charge on any atom is -0.478 e. The number of aromatic nitrogens is 2. The predicted molar refractivity (Wildman–Crippen MR) is 72.3 cm³/mol. The van der Waals surface area contributed by atoms with Gasteiger partial charge in [-0.25, -0.2) is 9.31 Å². The number of carboxylic acid groups (broad SMARTS) is 1. The minimum atomic E-state index is -0.960. The van der Waals surface area contributed by atoms with Crippen molar-refractivity contribution in [3.05, 3.63) is 59.9 Å². The van der Waals surface area contributed by atoms with Gasteiger partial charge in [0.1, 0.15) is 11.8 Å². The summed E-state index contributed by atoms with van der Waals surface area (Å²) in [6.45, 7) is 0. The molecule has 20 heavy (non-hydrogen) atoms. The molecule has 0 aliphatic carbocycles. The number of hydrogen-bond acceptors (Lipinski definition) is 3. The van der Waals surface area contributed by atoms with Crippen LogP contribution in [0.5, 0.6) is 0 Å². The maximum Gasteiger partial charge on any atom is 0.335 e. The highest BCUT2D eigenvalue weighted by atomic mass is 16.4. The van der Waals surface area contributed by atoms with Crippen LogP contribution in [0.4, 0.5) is 0 Å². The maximum atomic E-state index is 10.9. The van der Waals surface area contributed by atoms with Crippen LogP contribution in [0.2, 0.25) is 0 Å². The number of nitriles is 1. The predicted octanol–water partition coefficient (Wildman–Crippen LogP) is 2.57. The molecule has 0 saturated heterocycles. The molecule has 0 bridgehead atoms. The topological polar surface area (TPSA) is 78.4 Å². The SMILES string of the molecule is N#Cc1cc(-c2ccc(C(=O)O)cc2)c2cccnn12. The summed E-state index contributed by atoms with van der Waals surface area (Å²) in [6.07, 6.45) is 1.62. The monoisotopic (exact) mass is 263 g/mol. The van der Waals surface area contributed by atoms with Gasteiger partial charge in [0.05, 0.1) is 11.1 Å². The van der Waals surface area contributed by atoms with Crippen LogP contribution in [-0.2, 0) is 0 Å². The van der Waals surface area contributed by atoms with E-state index in [-0.39, 0.29) is 5.56 Å². The van der Waals surface area contributed by atoms with Crippen LogP contribution in [0.25, 0.3) is 16.6 Å². The van der Waals surface area contributed by atoms with Gasteiger partial charge in [0.25, 0.3) is 0 Å². The molecule has 2 heterocycles. The number of rotatable bonds is 2. The number of nitrogens with zero attached hydrogens (tertiary/aromatic N) is 3.